The lowest BCUT2D eigenvalue weighted by molar-refractivity contribution is -0.111. The van der Waals surface area contributed by atoms with Crippen LogP contribution in [0.25, 0.3) is 6.08 Å². The van der Waals surface area contributed by atoms with Crippen molar-refractivity contribution in [2.75, 3.05) is 19.5 Å². The molecule has 5 nitrogen and oxygen atoms in total. The summed E-state index contributed by atoms with van der Waals surface area (Å²) in [4.78, 5) is 16.0. The van der Waals surface area contributed by atoms with Crippen LogP contribution in [-0.4, -0.2) is 25.1 Å². The Kier molecular flexibility index (Phi) is 5.14. The molecule has 0 saturated heterocycles. The number of aromatic nitrogens is 1. The first-order valence-electron chi connectivity index (χ1n) is 6.76. The summed E-state index contributed by atoms with van der Waals surface area (Å²) in [5, 5.41) is 2.70. The Morgan fingerprint density at radius 1 is 1.18 bits per heavy atom. The number of pyridine rings is 1. The lowest BCUT2D eigenvalue weighted by Crippen LogP contribution is -2.09. The number of hydrogen-bond acceptors (Lipinski definition) is 4. The van der Waals surface area contributed by atoms with Gasteiger partial charge in [0.15, 0.2) is 0 Å². The van der Waals surface area contributed by atoms with Gasteiger partial charge < -0.3 is 14.8 Å². The Morgan fingerprint density at radius 2 is 2.00 bits per heavy atom. The summed E-state index contributed by atoms with van der Waals surface area (Å²) in [6.45, 7) is 1.94. The lowest BCUT2D eigenvalue weighted by Gasteiger charge is -2.07. The second-order valence-corrected chi connectivity index (χ2v) is 4.65. The summed E-state index contributed by atoms with van der Waals surface area (Å²) in [7, 11) is 3.17. The van der Waals surface area contributed by atoms with E-state index in [1.165, 1.54) is 6.08 Å². The van der Waals surface area contributed by atoms with E-state index in [0.717, 1.165) is 11.1 Å². The number of benzene rings is 1. The van der Waals surface area contributed by atoms with E-state index >= 15 is 0 Å². The van der Waals surface area contributed by atoms with Crippen LogP contribution in [0, 0.1) is 6.92 Å². The number of nitrogens with one attached hydrogen (secondary N) is 1. The van der Waals surface area contributed by atoms with Gasteiger partial charge in [-0.05, 0) is 42.8 Å². The zero-order valence-corrected chi connectivity index (χ0v) is 12.8. The minimum atomic E-state index is -0.263. The summed E-state index contributed by atoms with van der Waals surface area (Å²) < 4.78 is 10.4. The number of nitrogens with zero attached hydrogens (tertiary/aromatic N) is 1. The second kappa shape index (κ2) is 7.26. The molecule has 0 aliphatic rings. The van der Waals surface area contributed by atoms with Gasteiger partial charge in [0.05, 0.1) is 14.2 Å². The highest BCUT2D eigenvalue weighted by Crippen LogP contribution is 2.25. The molecule has 1 N–H and O–H groups in total. The van der Waals surface area contributed by atoms with Gasteiger partial charge in [0, 0.05) is 17.8 Å². The molecule has 1 aromatic heterocycles. The molecule has 0 spiro atoms. The minimum Gasteiger partial charge on any atom is -0.497 e. The molecule has 1 amide bonds. The molecule has 2 rings (SSSR count). The summed E-state index contributed by atoms with van der Waals surface area (Å²) in [6.07, 6.45) is 4.80. The standard InChI is InChI=1S/C17H18N2O3/c1-12-4-8-16(18-11-12)19-17(20)9-5-13-10-14(21-2)6-7-15(13)22-3/h4-11H,1-3H3,(H,18,19,20)/b9-5+. The largest absolute Gasteiger partial charge is 0.497 e. The molecule has 0 aliphatic heterocycles. The minimum absolute atomic E-state index is 0.263. The molecule has 0 unspecified atom stereocenters. The van der Waals surface area contributed by atoms with Crippen molar-refractivity contribution < 1.29 is 14.3 Å². The van der Waals surface area contributed by atoms with Crippen LogP contribution in [0.5, 0.6) is 11.5 Å². The molecule has 0 radical (unpaired) electrons. The van der Waals surface area contributed by atoms with Crippen LogP contribution < -0.4 is 14.8 Å². The summed E-state index contributed by atoms with van der Waals surface area (Å²) in [5.74, 6) is 1.61. The first-order valence-corrected chi connectivity index (χ1v) is 6.76. The van der Waals surface area contributed by atoms with Gasteiger partial charge in [0.1, 0.15) is 17.3 Å². The van der Waals surface area contributed by atoms with Crippen molar-refractivity contribution in [1.82, 2.24) is 4.98 Å². The van der Waals surface area contributed by atoms with E-state index in [9.17, 15) is 4.79 Å². The molecule has 1 aromatic carbocycles. The molecule has 0 aliphatic carbocycles. The predicted molar refractivity (Wildman–Crippen MR) is 86.2 cm³/mol. The van der Waals surface area contributed by atoms with Crippen molar-refractivity contribution in [3.05, 3.63) is 53.7 Å². The number of rotatable bonds is 5. The second-order valence-electron chi connectivity index (χ2n) is 4.65. The number of carbonyl (C=O) groups is 1. The van der Waals surface area contributed by atoms with E-state index in [1.54, 1.807) is 50.8 Å². The van der Waals surface area contributed by atoms with E-state index < -0.39 is 0 Å². The number of aryl methyl sites for hydroxylation is 1. The van der Waals surface area contributed by atoms with Crippen molar-refractivity contribution in [3.8, 4) is 11.5 Å². The third-order valence-corrected chi connectivity index (χ3v) is 3.01. The molecule has 1 heterocycles. The SMILES string of the molecule is COc1ccc(OC)c(/C=C/C(=O)Nc2ccc(C)cn2)c1. The molecule has 0 bridgehead atoms. The maximum atomic E-state index is 11.9. The van der Waals surface area contributed by atoms with E-state index in [-0.39, 0.29) is 5.91 Å². The Hall–Kier alpha value is -2.82. The number of methoxy groups -OCH3 is 2. The van der Waals surface area contributed by atoms with Gasteiger partial charge in [0.2, 0.25) is 5.91 Å². The Balaban J connectivity index is 2.10. The number of carbonyl (C=O) groups excluding carboxylic acids is 1. The number of hydrogen-bond donors (Lipinski definition) is 1. The van der Waals surface area contributed by atoms with Gasteiger partial charge >= 0.3 is 0 Å². The summed E-state index contributed by atoms with van der Waals surface area (Å²) in [6, 6.07) is 9.03. The van der Waals surface area contributed by atoms with Crippen molar-refractivity contribution in [1.29, 1.82) is 0 Å². The third-order valence-electron chi connectivity index (χ3n) is 3.01. The van der Waals surface area contributed by atoms with E-state index in [1.807, 2.05) is 13.0 Å². The average Bonchev–Trinajstić information content (AvgIpc) is 2.54. The highest BCUT2D eigenvalue weighted by molar-refractivity contribution is 6.01. The topological polar surface area (TPSA) is 60.5 Å². The zero-order valence-electron chi connectivity index (χ0n) is 12.8. The van der Waals surface area contributed by atoms with Crippen molar-refractivity contribution >= 4 is 17.8 Å². The maximum absolute atomic E-state index is 11.9. The van der Waals surface area contributed by atoms with Crippen LogP contribution in [0.15, 0.2) is 42.6 Å². The first-order chi connectivity index (χ1) is 10.6. The predicted octanol–water partition coefficient (Wildman–Crippen LogP) is 3.06. The van der Waals surface area contributed by atoms with Crippen molar-refractivity contribution in [2.24, 2.45) is 0 Å². The summed E-state index contributed by atoms with van der Waals surface area (Å²) >= 11 is 0. The molecule has 114 valence electrons. The van der Waals surface area contributed by atoms with Gasteiger partial charge in [-0.1, -0.05) is 6.07 Å². The average molecular weight is 298 g/mol. The first kappa shape index (κ1) is 15.6. The Morgan fingerprint density at radius 3 is 2.64 bits per heavy atom. The molecule has 0 atom stereocenters. The Bertz CT molecular complexity index is 679. The van der Waals surface area contributed by atoms with Crippen LogP contribution >= 0.6 is 0 Å². The number of ether oxygens (including phenoxy) is 2. The third kappa shape index (κ3) is 4.09. The monoisotopic (exact) mass is 298 g/mol. The van der Waals surface area contributed by atoms with Gasteiger partial charge in [-0.15, -0.1) is 0 Å². The van der Waals surface area contributed by atoms with Gasteiger partial charge in [-0.25, -0.2) is 4.98 Å². The highest BCUT2D eigenvalue weighted by Gasteiger charge is 2.03. The Labute approximate surface area is 129 Å². The highest BCUT2D eigenvalue weighted by atomic mass is 16.5. The molecule has 2 aromatic rings. The molecule has 5 heteroatoms. The van der Waals surface area contributed by atoms with Gasteiger partial charge in [-0.2, -0.15) is 0 Å². The lowest BCUT2D eigenvalue weighted by atomic mass is 10.1. The van der Waals surface area contributed by atoms with Crippen molar-refractivity contribution in [2.45, 2.75) is 6.92 Å². The maximum Gasteiger partial charge on any atom is 0.249 e. The van der Waals surface area contributed by atoms with E-state index in [0.29, 0.717) is 17.3 Å². The quantitative estimate of drug-likeness (QED) is 0.862. The fourth-order valence-corrected chi connectivity index (χ4v) is 1.84. The smallest absolute Gasteiger partial charge is 0.249 e. The van der Waals surface area contributed by atoms with Crippen molar-refractivity contribution in [3.63, 3.8) is 0 Å². The van der Waals surface area contributed by atoms with Crippen LogP contribution in [0.2, 0.25) is 0 Å². The summed E-state index contributed by atoms with van der Waals surface area (Å²) in [5.41, 5.74) is 1.79. The van der Waals surface area contributed by atoms with Gasteiger partial charge in [0.25, 0.3) is 0 Å². The molecular formula is C17H18N2O3. The van der Waals surface area contributed by atoms with Crippen LogP contribution in [0.1, 0.15) is 11.1 Å². The fourth-order valence-electron chi connectivity index (χ4n) is 1.84. The van der Waals surface area contributed by atoms with Crippen LogP contribution in [-0.2, 0) is 4.79 Å². The van der Waals surface area contributed by atoms with E-state index in [2.05, 4.69) is 10.3 Å². The molecule has 0 fully saturated rings. The van der Waals surface area contributed by atoms with Crippen LogP contribution in [0.3, 0.4) is 0 Å². The van der Waals surface area contributed by atoms with E-state index in [4.69, 9.17) is 9.47 Å². The zero-order chi connectivity index (χ0) is 15.9. The molecular weight excluding hydrogens is 280 g/mol. The fraction of sp³-hybridized carbons (Fsp3) is 0.176. The normalized spacial score (nSPS) is 10.5. The molecule has 0 saturated carbocycles. The molecule has 22 heavy (non-hydrogen) atoms. The number of amides is 1. The van der Waals surface area contributed by atoms with Gasteiger partial charge in [-0.3, -0.25) is 4.79 Å². The van der Waals surface area contributed by atoms with Crippen LogP contribution in [0.4, 0.5) is 5.82 Å². The number of anilines is 1.